The minimum Gasteiger partial charge on any atom is -0.495 e. The van der Waals surface area contributed by atoms with E-state index >= 15 is 0 Å². The fourth-order valence-corrected chi connectivity index (χ4v) is 2.48. The lowest BCUT2D eigenvalue weighted by atomic mass is 10.2. The summed E-state index contributed by atoms with van der Waals surface area (Å²) >= 11 is 0. The average molecular weight is 328 g/mol. The number of para-hydroxylation sites is 1. The molecule has 24 heavy (non-hydrogen) atoms. The Morgan fingerprint density at radius 2 is 1.96 bits per heavy atom. The van der Waals surface area contributed by atoms with Crippen LogP contribution in [0.1, 0.15) is 12.0 Å². The molecule has 0 atom stereocenters. The second-order valence-corrected chi connectivity index (χ2v) is 5.59. The van der Waals surface area contributed by atoms with Gasteiger partial charge in [-0.2, -0.15) is 0 Å². The smallest absolute Gasteiger partial charge is 0.243 e. The molecule has 0 bridgehead atoms. The lowest BCUT2D eigenvalue weighted by Crippen LogP contribution is -2.34. The molecule has 2 aromatic carbocycles. The number of anilines is 2. The zero-order chi connectivity index (χ0) is 17.4. The van der Waals surface area contributed by atoms with Gasteiger partial charge in [-0.25, -0.2) is 0 Å². The molecule has 0 radical (unpaired) electrons. The third-order valence-corrected chi connectivity index (χ3v) is 3.67. The Kier molecular flexibility index (Phi) is 6.63. The second-order valence-electron chi connectivity index (χ2n) is 5.59. The van der Waals surface area contributed by atoms with Crippen molar-refractivity contribution < 1.29 is 14.6 Å². The summed E-state index contributed by atoms with van der Waals surface area (Å²) in [6, 6.07) is 15.4. The van der Waals surface area contributed by atoms with Gasteiger partial charge in [-0.05, 0) is 43.2 Å². The van der Waals surface area contributed by atoms with Gasteiger partial charge < -0.3 is 20.1 Å². The fourth-order valence-electron chi connectivity index (χ4n) is 2.48. The first kappa shape index (κ1) is 17.8. The monoisotopic (exact) mass is 328 g/mol. The van der Waals surface area contributed by atoms with Crippen LogP contribution >= 0.6 is 0 Å². The summed E-state index contributed by atoms with van der Waals surface area (Å²) in [7, 11) is 1.58. The van der Waals surface area contributed by atoms with Gasteiger partial charge in [-0.3, -0.25) is 4.79 Å². The van der Waals surface area contributed by atoms with E-state index in [0.29, 0.717) is 24.4 Å². The minimum absolute atomic E-state index is 0.0939. The largest absolute Gasteiger partial charge is 0.495 e. The summed E-state index contributed by atoms with van der Waals surface area (Å²) in [5, 5.41) is 12.0. The highest BCUT2D eigenvalue weighted by Gasteiger charge is 2.13. The molecule has 5 nitrogen and oxygen atoms in total. The SMILES string of the molecule is COc1ccc(C)cc1NC(=O)CN(CCCO)c1ccccc1. The second kappa shape index (κ2) is 8.93. The quantitative estimate of drug-likeness (QED) is 0.782. The number of nitrogens with one attached hydrogen (secondary N) is 1. The number of ether oxygens (including phenoxy) is 1. The Bertz CT molecular complexity index is 659. The molecule has 0 heterocycles. The number of rotatable bonds is 8. The van der Waals surface area contributed by atoms with Crippen molar-refractivity contribution >= 4 is 17.3 Å². The number of nitrogens with zero attached hydrogens (tertiary/aromatic N) is 1. The van der Waals surface area contributed by atoms with Crippen LogP contribution in [0.4, 0.5) is 11.4 Å². The molecular weight excluding hydrogens is 304 g/mol. The molecule has 0 aliphatic rings. The van der Waals surface area contributed by atoms with Crippen LogP contribution in [0.15, 0.2) is 48.5 Å². The number of aliphatic hydroxyl groups is 1. The molecule has 0 aromatic heterocycles. The first-order valence-electron chi connectivity index (χ1n) is 7.99. The van der Waals surface area contributed by atoms with Crippen molar-refractivity contribution in [3.8, 4) is 5.75 Å². The molecule has 2 rings (SSSR count). The molecule has 2 aromatic rings. The number of aryl methyl sites for hydroxylation is 1. The molecule has 0 spiro atoms. The van der Waals surface area contributed by atoms with Gasteiger partial charge in [0.2, 0.25) is 5.91 Å². The molecule has 0 fully saturated rings. The summed E-state index contributed by atoms with van der Waals surface area (Å²) in [5.41, 5.74) is 2.67. The molecule has 0 unspecified atom stereocenters. The number of amides is 1. The van der Waals surface area contributed by atoms with Gasteiger partial charge in [0.05, 0.1) is 19.3 Å². The number of hydrogen-bond donors (Lipinski definition) is 2. The van der Waals surface area contributed by atoms with Crippen LogP contribution in [0.5, 0.6) is 5.75 Å². The van der Waals surface area contributed by atoms with Crippen LogP contribution in [0.25, 0.3) is 0 Å². The van der Waals surface area contributed by atoms with Crippen molar-refractivity contribution in [2.45, 2.75) is 13.3 Å². The highest BCUT2D eigenvalue weighted by molar-refractivity contribution is 5.95. The van der Waals surface area contributed by atoms with Gasteiger partial charge in [-0.15, -0.1) is 0 Å². The topological polar surface area (TPSA) is 61.8 Å². The van der Waals surface area contributed by atoms with Crippen molar-refractivity contribution in [1.29, 1.82) is 0 Å². The maximum Gasteiger partial charge on any atom is 0.243 e. The van der Waals surface area contributed by atoms with Crippen LogP contribution in [0.2, 0.25) is 0 Å². The van der Waals surface area contributed by atoms with Crippen LogP contribution in [0.3, 0.4) is 0 Å². The summed E-state index contributed by atoms with van der Waals surface area (Å²) in [5.74, 6) is 0.510. The molecule has 0 aliphatic carbocycles. The maximum atomic E-state index is 12.5. The van der Waals surface area contributed by atoms with Crippen molar-refractivity contribution in [2.24, 2.45) is 0 Å². The zero-order valence-electron chi connectivity index (χ0n) is 14.2. The Morgan fingerprint density at radius 1 is 1.21 bits per heavy atom. The van der Waals surface area contributed by atoms with E-state index in [1.807, 2.05) is 60.4 Å². The van der Waals surface area contributed by atoms with Crippen molar-refractivity contribution in [3.63, 3.8) is 0 Å². The average Bonchev–Trinajstić information content (AvgIpc) is 2.59. The fraction of sp³-hybridized carbons (Fsp3) is 0.316. The number of aliphatic hydroxyl groups excluding tert-OH is 1. The predicted octanol–water partition coefficient (Wildman–Crippen LogP) is 2.83. The van der Waals surface area contributed by atoms with E-state index in [2.05, 4.69) is 5.32 Å². The minimum atomic E-state index is -0.124. The van der Waals surface area contributed by atoms with Gasteiger partial charge in [0, 0.05) is 18.8 Å². The summed E-state index contributed by atoms with van der Waals surface area (Å²) < 4.78 is 5.29. The number of carbonyl (C=O) groups is 1. The molecule has 0 saturated heterocycles. The van der Waals surface area contributed by atoms with Crippen molar-refractivity contribution in [1.82, 2.24) is 0 Å². The third-order valence-electron chi connectivity index (χ3n) is 3.67. The van der Waals surface area contributed by atoms with E-state index < -0.39 is 0 Å². The number of hydrogen-bond acceptors (Lipinski definition) is 4. The zero-order valence-corrected chi connectivity index (χ0v) is 14.2. The van der Waals surface area contributed by atoms with E-state index in [4.69, 9.17) is 9.84 Å². The van der Waals surface area contributed by atoms with E-state index in [0.717, 1.165) is 11.3 Å². The van der Waals surface area contributed by atoms with Crippen LogP contribution in [-0.2, 0) is 4.79 Å². The number of benzene rings is 2. The number of carbonyl (C=O) groups excluding carboxylic acids is 1. The first-order chi connectivity index (χ1) is 11.6. The third kappa shape index (κ3) is 4.99. The van der Waals surface area contributed by atoms with Crippen LogP contribution < -0.4 is 15.0 Å². The molecule has 0 aliphatic heterocycles. The highest BCUT2D eigenvalue weighted by atomic mass is 16.5. The molecular formula is C19H24N2O3. The Morgan fingerprint density at radius 3 is 2.62 bits per heavy atom. The van der Waals surface area contributed by atoms with E-state index in [-0.39, 0.29) is 19.1 Å². The maximum absolute atomic E-state index is 12.5. The molecule has 2 N–H and O–H groups in total. The van der Waals surface area contributed by atoms with Crippen molar-refractivity contribution in [2.75, 3.05) is 37.0 Å². The van der Waals surface area contributed by atoms with Crippen LogP contribution in [0, 0.1) is 6.92 Å². The summed E-state index contributed by atoms with van der Waals surface area (Å²) in [4.78, 5) is 14.4. The van der Waals surface area contributed by atoms with Gasteiger partial charge >= 0.3 is 0 Å². The predicted molar refractivity (Wildman–Crippen MR) is 96.7 cm³/mol. The highest BCUT2D eigenvalue weighted by Crippen LogP contribution is 2.25. The lowest BCUT2D eigenvalue weighted by molar-refractivity contribution is -0.115. The summed E-state index contributed by atoms with van der Waals surface area (Å²) in [6.07, 6.45) is 0.607. The normalized spacial score (nSPS) is 10.3. The Hall–Kier alpha value is -2.53. The van der Waals surface area contributed by atoms with Crippen LogP contribution in [-0.4, -0.2) is 37.8 Å². The standard InChI is InChI=1S/C19H24N2O3/c1-15-9-10-18(24-2)17(13-15)20-19(23)14-21(11-6-12-22)16-7-4-3-5-8-16/h3-5,7-10,13,22H,6,11-12,14H2,1-2H3,(H,20,23). The Labute approximate surface area is 142 Å². The molecule has 1 amide bonds. The molecule has 0 saturated carbocycles. The van der Waals surface area contributed by atoms with Gasteiger partial charge in [-0.1, -0.05) is 24.3 Å². The van der Waals surface area contributed by atoms with Gasteiger partial charge in [0.15, 0.2) is 0 Å². The van der Waals surface area contributed by atoms with Gasteiger partial charge in [0.25, 0.3) is 0 Å². The lowest BCUT2D eigenvalue weighted by Gasteiger charge is -2.24. The summed E-state index contributed by atoms with van der Waals surface area (Å²) in [6.45, 7) is 2.88. The van der Waals surface area contributed by atoms with E-state index in [9.17, 15) is 4.79 Å². The molecule has 128 valence electrons. The Balaban J connectivity index is 2.09. The van der Waals surface area contributed by atoms with Gasteiger partial charge in [0.1, 0.15) is 5.75 Å². The van der Waals surface area contributed by atoms with E-state index in [1.165, 1.54) is 0 Å². The first-order valence-corrected chi connectivity index (χ1v) is 7.99. The van der Waals surface area contributed by atoms with Crippen molar-refractivity contribution in [3.05, 3.63) is 54.1 Å². The molecule has 5 heteroatoms. The van der Waals surface area contributed by atoms with E-state index in [1.54, 1.807) is 7.11 Å². The number of methoxy groups -OCH3 is 1.